The molecule has 0 N–H and O–H groups in total. The molecule has 3 nitrogen and oxygen atoms in total. The molecule has 0 spiro atoms. The molecule has 0 aliphatic carbocycles. The second-order valence-corrected chi connectivity index (χ2v) is 9.30. The molecule has 3 rings (SSSR count). The summed E-state index contributed by atoms with van der Waals surface area (Å²) in [6.07, 6.45) is 11.3. The number of unbranched alkanes of at least 4 members (excludes halogenated alkanes) is 4. The van der Waals surface area contributed by atoms with E-state index in [-0.39, 0.29) is 5.97 Å². The van der Waals surface area contributed by atoms with Crippen LogP contribution in [0.4, 0.5) is 0 Å². The molecule has 0 aromatic heterocycles. The molecule has 0 atom stereocenters. The third-order valence-electron chi connectivity index (χ3n) is 5.89. The lowest BCUT2D eigenvalue weighted by Gasteiger charge is -2.08. The molecule has 0 aliphatic rings. The van der Waals surface area contributed by atoms with E-state index in [9.17, 15) is 4.79 Å². The van der Waals surface area contributed by atoms with Crippen molar-refractivity contribution in [3.63, 3.8) is 0 Å². The molecule has 0 radical (unpaired) electrons. The highest BCUT2D eigenvalue weighted by Gasteiger charge is 2.08. The van der Waals surface area contributed by atoms with E-state index in [1.807, 2.05) is 30.3 Å². The van der Waals surface area contributed by atoms with Gasteiger partial charge in [-0.3, -0.25) is 0 Å². The number of ether oxygens (including phenoxy) is 2. The van der Waals surface area contributed by atoms with Crippen LogP contribution in [0.15, 0.2) is 60.7 Å². The van der Waals surface area contributed by atoms with Gasteiger partial charge in [0.25, 0.3) is 0 Å². The van der Waals surface area contributed by atoms with E-state index in [2.05, 4.69) is 63.3 Å². The van der Waals surface area contributed by atoms with Crippen molar-refractivity contribution in [1.29, 1.82) is 0 Å². The number of esters is 1. The van der Waals surface area contributed by atoms with Gasteiger partial charge in [0.15, 0.2) is 0 Å². The van der Waals surface area contributed by atoms with Crippen molar-refractivity contribution < 1.29 is 14.3 Å². The minimum atomic E-state index is -0.254. The minimum absolute atomic E-state index is 0.254. The monoisotopic (exact) mass is 458 g/mol. The van der Waals surface area contributed by atoms with Crippen LogP contribution in [-0.2, 0) is 4.74 Å². The lowest BCUT2D eigenvalue weighted by molar-refractivity contribution is 0.0488. The molecule has 34 heavy (non-hydrogen) atoms. The largest absolute Gasteiger partial charge is 0.494 e. The maximum absolute atomic E-state index is 12.3. The Hall–Kier alpha value is -3.07. The molecule has 0 fully saturated rings. The first kappa shape index (κ1) is 25.6. The number of hydrogen-bond acceptors (Lipinski definition) is 3. The average molecular weight is 459 g/mol. The van der Waals surface area contributed by atoms with Gasteiger partial charge in [-0.15, -0.1) is 0 Å². The smallest absolute Gasteiger partial charge is 0.338 e. The van der Waals surface area contributed by atoms with E-state index in [1.165, 1.54) is 25.7 Å². The molecule has 180 valence electrons. The second-order valence-electron chi connectivity index (χ2n) is 9.30. The maximum atomic E-state index is 12.3. The predicted molar refractivity (Wildman–Crippen MR) is 143 cm³/mol. The Labute approximate surface area is 204 Å². The van der Waals surface area contributed by atoms with Gasteiger partial charge in [-0.05, 0) is 71.0 Å². The Balaban J connectivity index is 1.54. The molecular formula is C31H38O3. The van der Waals surface area contributed by atoms with Gasteiger partial charge in [-0.1, -0.05) is 88.9 Å². The van der Waals surface area contributed by atoms with Crippen LogP contribution in [0, 0.1) is 5.92 Å². The van der Waals surface area contributed by atoms with Crippen LogP contribution in [0.25, 0.3) is 22.9 Å². The summed E-state index contributed by atoms with van der Waals surface area (Å²) in [5.74, 6) is 1.19. The Morgan fingerprint density at radius 1 is 0.794 bits per heavy atom. The Morgan fingerprint density at radius 2 is 1.47 bits per heavy atom. The van der Waals surface area contributed by atoms with E-state index >= 15 is 0 Å². The second kappa shape index (κ2) is 13.6. The number of rotatable bonds is 13. The van der Waals surface area contributed by atoms with Crippen LogP contribution < -0.4 is 4.74 Å². The fourth-order valence-electron chi connectivity index (χ4n) is 3.73. The lowest BCUT2D eigenvalue weighted by atomic mass is 10.0. The van der Waals surface area contributed by atoms with Crippen molar-refractivity contribution in [3.05, 3.63) is 77.4 Å². The molecule has 0 amide bonds. The van der Waals surface area contributed by atoms with Crippen LogP contribution in [0.2, 0.25) is 0 Å². The molecule has 3 aromatic rings. The molecule has 0 aliphatic heterocycles. The summed E-state index contributed by atoms with van der Waals surface area (Å²) in [7, 11) is 0. The first-order valence-electron chi connectivity index (χ1n) is 12.7. The number of carbonyl (C=O) groups is 1. The van der Waals surface area contributed by atoms with Crippen LogP contribution in [0.3, 0.4) is 0 Å². The van der Waals surface area contributed by atoms with Crippen LogP contribution >= 0.6 is 0 Å². The highest BCUT2D eigenvalue weighted by atomic mass is 16.5. The standard InChI is InChI=1S/C31H38O3/c1-4-5-6-7-8-20-33-30-17-12-25(13-18-30)9-10-26-11-14-28-23-29(16-15-27(28)22-26)31(32)34-21-19-24(2)3/h9-18,22-24H,4-8,19-21H2,1-3H3. The Bertz CT molecular complexity index is 1060. The van der Waals surface area contributed by atoms with Gasteiger partial charge in [0.2, 0.25) is 0 Å². The third-order valence-corrected chi connectivity index (χ3v) is 5.89. The fraction of sp³-hybridized carbons (Fsp3) is 0.387. The summed E-state index contributed by atoms with van der Waals surface area (Å²) in [4.78, 5) is 12.3. The lowest BCUT2D eigenvalue weighted by Crippen LogP contribution is -2.08. The third kappa shape index (κ3) is 8.37. The first-order chi connectivity index (χ1) is 16.5. The van der Waals surface area contributed by atoms with Gasteiger partial charge < -0.3 is 9.47 Å². The van der Waals surface area contributed by atoms with Crippen LogP contribution in [-0.4, -0.2) is 19.2 Å². The van der Waals surface area contributed by atoms with E-state index in [0.717, 1.165) is 47.1 Å². The highest BCUT2D eigenvalue weighted by molar-refractivity contribution is 5.96. The van der Waals surface area contributed by atoms with E-state index < -0.39 is 0 Å². The summed E-state index contributed by atoms with van der Waals surface area (Å²) < 4.78 is 11.2. The van der Waals surface area contributed by atoms with E-state index in [4.69, 9.17) is 9.47 Å². The molecule has 0 saturated heterocycles. The van der Waals surface area contributed by atoms with Gasteiger partial charge in [0, 0.05) is 0 Å². The van der Waals surface area contributed by atoms with Crippen molar-refractivity contribution in [1.82, 2.24) is 0 Å². The van der Waals surface area contributed by atoms with Crippen LogP contribution in [0.5, 0.6) is 5.75 Å². The molecule has 3 heteroatoms. The highest BCUT2D eigenvalue weighted by Crippen LogP contribution is 2.21. The Morgan fingerprint density at radius 3 is 2.24 bits per heavy atom. The SMILES string of the molecule is CCCCCCCOc1ccc(C=Cc2ccc3cc(C(=O)OCCC(C)C)ccc3c2)cc1. The Kier molecular flexibility index (Phi) is 10.2. The zero-order valence-corrected chi connectivity index (χ0v) is 20.9. The molecular weight excluding hydrogens is 420 g/mol. The molecule has 0 bridgehead atoms. The summed E-state index contributed by atoms with van der Waals surface area (Å²) in [6, 6.07) is 20.2. The number of fused-ring (bicyclic) bond motifs is 1. The number of carbonyl (C=O) groups excluding carboxylic acids is 1. The van der Waals surface area contributed by atoms with Crippen LogP contribution in [0.1, 0.15) is 80.8 Å². The number of hydrogen-bond donors (Lipinski definition) is 0. The molecule has 3 aromatic carbocycles. The van der Waals surface area contributed by atoms with E-state index in [1.54, 1.807) is 0 Å². The van der Waals surface area contributed by atoms with Gasteiger partial charge in [-0.2, -0.15) is 0 Å². The quantitative estimate of drug-likeness (QED) is 0.146. The normalized spacial score (nSPS) is 11.4. The maximum Gasteiger partial charge on any atom is 0.338 e. The molecule has 0 saturated carbocycles. The first-order valence-corrected chi connectivity index (χ1v) is 12.7. The van der Waals surface area contributed by atoms with Crippen molar-refractivity contribution in [3.8, 4) is 5.75 Å². The van der Waals surface area contributed by atoms with Crippen molar-refractivity contribution in [2.24, 2.45) is 5.92 Å². The predicted octanol–water partition coefficient (Wildman–Crippen LogP) is 8.56. The summed E-state index contributed by atoms with van der Waals surface area (Å²) in [5.41, 5.74) is 2.85. The summed E-state index contributed by atoms with van der Waals surface area (Å²) in [5, 5.41) is 2.13. The summed E-state index contributed by atoms with van der Waals surface area (Å²) in [6.45, 7) is 7.72. The fourth-order valence-corrected chi connectivity index (χ4v) is 3.73. The van der Waals surface area contributed by atoms with Crippen molar-refractivity contribution >= 4 is 28.9 Å². The van der Waals surface area contributed by atoms with Gasteiger partial charge in [0.1, 0.15) is 5.75 Å². The van der Waals surface area contributed by atoms with E-state index in [0.29, 0.717) is 18.1 Å². The average Bonchev–Trinajstić information content (AvgIpc) is 2.85. The van der Waals surface area contributed by atoms with Gasteiger partial charge in [-0.25, -0.2) is 4.79 Å². The van der Waals surface area contributed by atoms with Crippen molar-refractivity contribution in [2.45, 2.75) is 59.3 Å². The summed E-state index contributed by atoms with van der Waals surface area (Å²) >= 11 is 0. The van der Waals surface area contributed by atoms with Gasteiger partial charge in [0.05, 0.1) is 18.8 Å². The number of benzene rings is 3. The minimum Gasteiger partial charge on any atom is -0.494 e. The topological polar surface area (TPSA) is 35.5 Å². The zero-order chi connectivity index (χ0) is 24.2. The van der Waals surface area contributed by atoms with Crippen molar-refractivity contribution in [2.75, 3.05) is 13.2 Å². The zero-order valence-electron chi connectivity index (χ0n) is 20.9. The molecule has 0 heterocycles. The molecule has 0 unspecified atom stereocenters. The van der Waals surface area contributed by atoms with Gasteiger partial charge >= 0.3 is 5.97 Å².